The molecule has 1 saturated heterocycles. The fourth-order valence-electron chi connectivity index (χ4n) is 2.19. The Morgan fingerprint density at radius 3 is 2.87 bits per heavy atom. The van der Waals surface area contributed by atoms with Gasteiger partial charge in [0.15, 0.2) is 0 Å². The molecule has 2 heterocycles. The van der Waals surface area contributed by atoms with Crippen LogP contribution in [0.4, 0.5) is 11.6 Å². The van der Waals surface area contributed by atoms with Gasteiger partial charge in [-0.2, -0.15) is 0 Å². The van der Waals surface area contributed by atoms with E-state index in [4.69, 9.17) is 5.84 Å². The number of hydrogen-bond acceptors (Lipinski definition) is 4. The monoisotopic (exact) mass is 206 g/mol. The molecule has 0 bridgehead atoms. The zero-order valence-electron chi connectivity index (χ0n) is 9.33. The van der Waals surface area contributed by atoms with Crippen molar-refractivity contribution < 1.29 is 0 Å². The summed E-state index contributed by atoms with van der Waals surface area (Å²) < 4.78 is 0. The molecule has 0 atom stereocenters. The molecule has 0 unspecified atom stereocenters. The third-order valence-electron chi connectivity index (χ3n) is 3.06. The lowest BCUT2D eigenvalue weighted by molar-refractivity contribution is 0.514. The zero-order valence-corrected chi connectivity index (χ0v) is 9.33. The number of nitrogen functional groups attached to an aromatic ring is 1. The lowest BCUT2D eigenvalue weighted by atomic mass is 10.0. The highest BCUT2D eigenvalue weighted by molar-refractivity contribution is 5.49. The number of rotatable bonds is 2. The van der Waals surface area contributed by atoms with Crippen molar-refractivity contribution >= 4 is 11.6 Å². The van der Waals surface area contributed by atoms with Crippen LogP contribution in [0.25, 0.3) is 0 Å². The molecule has 1 aliphatic rings. The summed E-state index contributed by atoms with van der Waals surface area (Å²) in [7, 11) is 0. The maximum Gasteiger partial charge on any atom is 0.142 e. The van der Waals surface area contributed by atoms with Gasteiger partial charge in [-0.05, 0) is 38.8 Å². The molecule has 1 aromatic rings. The first-order chi connectivity index (χ1) is 7.13. The Bertz CT molecular complexity index is 348. The average Bonchev–Trinajstić information content (AvgIpc) is 2.58. The Balaban J connectivity index is 2.29. The second-order valence-electron chi connectivity index (χ2n) is 4.59. The van der Waals surface area contributed by atoms with Crippen molar-refractivity contribution in [2.45, 2.75) is 32.2 Å². The molecule has 1 fully saturated rings. The largest absolute Gasteiger partial charge is 0.351 e. The van der Waals surface area contributed by atoms with Crippen LogP contribution >= 0.6 is 0 Å². The van der Waals surface area contributed by atoms with Gasteiger partial charge in [0.25, 0.3) is 0 Å². The molecule has 0 aliphatic carbocycles. The van der Waals surface area contributed by atoms with Crippen LogP contribution in [0.2, 0.25) is 0 Å². The van der Waals surface area contributed by atoms with Crippen molar-refractivity contribution in [3.05, 3.63) is 18.2 Å². The Morgan fingerprint density at radius 2 is 2.27 bits per heavy atom. The first kappa shape index (κ1) is 10.2. The smallest absolute Gasteiger partial charge is 0.142 e. The van der Waals surface area contributed by atoms with Crippen LogP contribution in [0.1, 0.15) is 26.7 Å². The molecule has 82 valence electrons. The molecule has 3 N–H and O–H groups in total. The van der Waals surface area contributed by atoms with Gasteiger partial charge in [-0.25, -0.2) is 10.8 Å². The molecule has 15 heavy (non-hydrogen) atoms. The fraction of sp³-hybridized carbons (Fsp3) is 0.545. The first-order valence-corrected chi connectivity index (χ1v) is 5.35. The molecule has 0 radical (unpaired) electrons. The standard InChI is InChI=1S/C11H18N4/c1-11(2)7-4-8-15(11)10-6-3-5-9(13-10)14-12/h3,5-6H,4,7-8,12H2,1-2H3,(H,13,14). The van der Waals surface area contributed by atoms with E-state index >= 15 is 0 Å². The predicted molar refractivity (Wildman–Crippen MR) is 62.7 cm³/mol. The summed E-state index contributed by atoms with van der Waals surface area (Å²) in [5.74, 6) is 7.08. The van der Waals surface area contributed by atoms with Crippen LogP contribution in [0.3, 0.4) is 0 Å². The van der Waals surface area contributed by atoms with Gasteiger partial charge in [-0.15, -0.1) is 0 Å². The molecule has 4 nitrogen and oxygen atoms in total. The van der Waals surface area contributed by atoms with Gasteiger partial charge in [0.2, 0.25) is 0 Å². The van der Waals surface area contributed by atoms with Crippen molar-refractivity contribution in [2.24, 2.45) is 5.84 Å². The van der Waals surface area contributed by atoms with Gasteiger partial charge in [0, 0.05) is 12.1 Å². The Kier molecular flexibility index (Phi) is 2.52. The number of nitrogens with one attached hydrogen (secondary N) is 1. The summed E-state index contributed by atoms with van der Waals surface area (Å²) in [6.07, 6.45) is 2.45. The summed E-state index contributed by atoms with van der Waals surface area (Å²) in [6, 6.07) is 5.88. The number of aromatic nitrogens is 1. The number of pyridine rings is 1. The average molecular weight is 206 g/mol. The lowest BCUT2D eigenvalue weighted by Crippen LogP contribution is -2.38. The van der Waals surface area contributed by atoms with E-state index in [1.165, 1.54) is 12.8 Å². The molecular weight excluding hydrogens is 188 g/mol. The van der Waals surface area contributed by atoms with Crippen LogP contribution in [0, 0.1) is 0 Å². The van der Waals surface area contributed by atoms with Crippen molar-refractivity contribution in [1.82, 2.24) is 4.98 Å². The molecule has 1 aliphatic heterocycles. The molecule has 1 aromatic heterocycles. The van der Waals surface area contributed by atoms with Crippen LogP contribution in [-0.2, 0) is 0 Å². The van der Waals surface area contributed by atoms with Crippen LogP contribution in [0.15, 0.2) is 18.2 Å². The Hall–Kier alpha value is -1.29. The molecule has 0 amide bonds. The van der Waals surface area contributed by atoms with Gasteiger partial charge in [0.05, 0.1) is 0 Å². The SMILES string of the molecule is CC1(C)CCCN1c1cccc(NN)n1. The minimum absolute atomic E-state index is 0.209. The van der Waals surface area contributed by atoms with E-state index < -0.39 is 0 Å². The van der Waals surface area contributed by atoms with Crippen molar-refractivity contribution in [3.63, 3.8) is 0 Å². The van der Waals surface area contributed by atoms with Crippen molar-refractivity contribution in [2.75, 3.05) is 16.9 Å². The molecule has 0 spiro atoms. The third kappa shape index (κ3) is 1.90. The van der Waals surface area contributed by atoms with Crippen LogP contribution < -0.4 is 16.2 Å². The molecule has 0 aromatic carbocycles. The molecular formula is C11H18N4. The summed E-state index contributed by atoms with van der Waals surface area (Å²) >= 11 is 0. The van der Waals surface area contributed by atoms with Gasteiger partial charge in [-0.3, -0.25) is 0 Å². The fourth-order valence-corrected chi connectivity index (χ4v) is 2.19. The number of nitrogens with two attached hydrogens (primary N) is 1. The second-order valence-corrected chi connectivity index (χ2v) is 4.59. The van der Waals surface area contributed by atoms with Gasteiger partial charge in [0.1, 0.15) is 11.6 Å². The number of hydrazine groups is 1. The maximum absolute atomic E-state index is 5.35. The summed E-state index contributed by atoms with van der Waals surface area (Å²) in [4.78, 5) is 6.80. The maximum atomic E-state index is 5.35. The number of nitrogens with zero attached hydrogens (tertiary/aromatic N) is 2. The predicted octanol–water partition coefficient (Wildman–Crippen LogP) is 1.75. The number of anilines is 2. The zero-order chi connectivity index (χ0) is 10.9. The van der Waals surface area contributed by atoms with Crippen molar-refractivity contribution in [3.8, 4) is 0 Å². The normalized spacial score (nSPS) is 19.3. The highest BCUT2D eigenvalue weighted by atomic mass is 15.3. The van der Waals surface area contributed by atoms with Gasteiger partial charge in [-0.1, -0.05) is 6.07 Å². The van der Waals surface area contributed by atoms with E-state index in [0.717, 1.165) is 18.2 Å². The lowest BCUT2D eigenvalue weighted by Gasteiger charge is -2.32. The minimum atomic E-state index is 0.209. The van der Waals surface area contributed by atoms with Crippen LogP contribution in [0.5, 0.6) is 0 Å². The first-order valence-electron chi connectivity index (χ1n) is 5.35. The van der Waals surface area contributed by atoms with Gasteiger partial charge >= 0.3 is 0 Å². The number of hydrogen-bond donors (Lipinski definition) is 2. The molecule has 2 rings (SSSR count). The van der Waals surface area contributed by atoms with E-state index in [1.54, 1.807) is 0 Å². The van der Waals surface area contributed by atoms with E-state index in [-0.39, 0.29) is 5.54 Å². The summed E-state index contributed by atoms with van der Waals surface area (Å²) in [5.41, 5.74) is 2.79. The third-order valence-corrected chi connectivity index (χ3v) is 3.06. The highest BCUT2D eigenvalue weighted by Crippen LogP contribution is 2.32. The summed E-state index contributed by atoms with van der Waals surface area (Å²) in [5, 5.41) is 0. The molecule has 0 saturated carbocycles. The van der Waals surface area contributed by atoms with E-state index in [9.17, 15) is 0 Å². The minimum Gasteiger partial charge on any atom is -0.351 e. The Labute approximate surface area is 90.5 Å². The van der Waals surface area contributed by atoms with Crippen LogP contribution in [-0.4, -0.2) is 17.1 Å². The highest BCUT2D eigenvalue weighted by Gasteiger charge is 2.32. The topological polar surface area (TPSA) is 54.2 Å². The van der Waals surface area contributed by atoms with E-state index in [0.29, 0.717) is 0 Å². The Morgan fingerprint density at radius 1 is 1.47 bits per heavy atom. The quantitative estimate of drug-likeness (QED) is 0.571. The van der Waals surface area contributed by atoms with Gasteiger partial charge < -0.3 is 10.3 Å². The van der Waals surface area contributed by atoms with Crippen molar-refractivity contribution in [1.29, 1.82) is 0 Å². The summed E-state index contributed by atoms with van der Waals surface area (Å²) in [6.45, 7) is 5.59. The molecule has 4 heteroatoms. The second kappa shape index (κ2) is 3.70. The van der Waals surface area contributed by atoms with E-state index in [1.807, 2.05) is 18.2 Å². The van der Waals surface area contributed by atoms with E-state index in [2.05, 4.69) is 29.2 Å².